The van der Waals surface area contributed by atoms with E-state index in [1.165, 1.54) is 31.4 Å². The molecule has 172 valence electrons. The molecule has 0 bridgehead atoms. The van der Waals surface area contributed by atoms with Crippen molar-refractivity contribution in [1.82, 2.24) is 0 Å². The van der Waals surface area contributed by atoms with Gasteiger partial charge in [0.15, 0.2) is 11.5 Å². The maximum absolute atomic E-state index is 12.8. The number of rotatable bonds is 8. The van der Waals surface area contributed by atoms with Crippen molar-refractivity contribution in [3.05, 3.63) is 97.5 Å². The first-order valence-electron chi connectivity index (χ1n) is 10.0. The van der Waals surface area contributed by atoms with Crippen LogP contribution >= 0.6 is 15.9 Å². The van der Waals surface area contributed by atoms with Crippen LogP contribution in [0.25, 0.3) is 6.08 Å². The number of aryl methyl sites for hydroxylation is 1. The number of carbonyl (C=O) groups is 1. The molecular weight excluding hydrogens is 502 g/mol. The topological polar surface area (TPSA) is 114 Å². The summed E-state index contributed by atoms with van der Waals surface area (Å²) in [5.41, 5.74) is 2.03. The minimum absolute atomic E-state index is 0.0875. The number of hydrogen-bond donors (Lipinski definition) is 1. The molecule has 0 saturated heterocycles. The van der Waals surface area contributed by atoms with E-state index in [4.69, 9.17) is 9.47 Å². The molecule has 34 heavy (non-hydrogen) atoms. The molecule has 0 heterocycles. The van der Waals surface area contributed by atoms with E-state index in [1.807, 2.05) is 30.3 Å². The highest BCUT2D eigenvalue weighted by molar-refractivity contribution is 9.10. The lowest BCUT2D eigenvalue weighted by Gasteiger charge is -2.14. The number of nitrogens with zero attached hydrogens (tertiary/aromatic N) is 2. The molecular formula is C25H20BrN3O5. The number of hydrogen-bond acceptors (Lipinski definition) is 6. The number of halogens is 1. The van der Waals surface area contributed by atoms with E-state index in [9.17, 15) is 20.2 Å². The van der Waals surface area contributed by atoms with Crippen LogP contribution in [0.3, 0.4) is 0 Å². The van der Waals surface area contributed by atoms with Crippen molar-refractivity contribution in [3.63, 3.8) is 0 Å². The largest absolute Gasteiger partial charge is 0.493 e. The molecule has 0 unspecified atom stereocenters. The molecule has 0 aliphatic carbocycles. The Labute approximate surface area is 204 Å². The highest BCUT2D eigenvalue weighted by atomic mass is 79.9. The number of nitro benzene ring substituents is 1. The van der Waals surface area contributed by atoms with E-state index in [0.29, 0.717) is 28.3 Å². The third-order valence-corrected chi connectivity index (χ3v) is 5.39. The average molecular weight is 522 g/mol. The average Bonchev–Trinajstić information content (AvgIpc) is 2.83. The standard InChI is InChI=1S/C25H20BrN3O5/c1-16-12-21(29(31)32)10-11-22(16)28-25(30)19(14-27)13-18-4-3-5-23(33-2)24(18)34-15-17-6-8-20(26)9-7-17/h3-13H,15H2,1-2H3,(H,28,30)/b19-13-. The highest BCUT2D eigenvalue weighted by Gasteiger charge is 2.16. The summed E-state index contributed by atoms with van der Waals surface area (Å²) in [5, 5.41) is 23.2. The maximum Gasteiger partial charge on any atom is 0.269 e. The molecule has 0 aliphatic rings. The zero-order chi connectivity index (χ0) is 24.7. The third-order valence-electron chi connectivity index (χ3n) is 4.86. The minimum Gasteiger partial charge on any atom is -0.493 e. The van der Waals surface area contributed by atoms with Crippen molar-refractivity contribution < 1.29 is 19.2 Å². The second kappa shape index (κ2) is 11.1. The molecule has 3 aromatic carbocycles. The monoisotopic (exact) mass is 521 g/mol. The van der Waals surface area contributed by atoms with Gasteiger partial charge in [0, 0.05) is 27.9 Å². The first-order valence-corrected chi connectivity index (χ1v) is 10.8. The maximum atomic E-state index is 12.8. The molecule has 9 heteroatoms. The number of nitriles is 1. The molecule has 1 amide bonds. The molecule has 0 saturated carbocycles. The second-order valence-corrected chi connectivity index (χ2v) is 8.09. The first kappa shape index (κ1) is 24.5. The zero-order valence-corrected chi connectivity index (χ0v) is 20.0. The van der Waals surface area contributed by atoms with Crippen LogP contribution < -0.4 is 14.8 Å². The van der Waals surface area contributed by atoms with Gasteiger partial charge in [-0.1, -0.05) is 40.2 Å². The molecule has 0 fully saturated rings. The number of anilines is 1. The Morgan fingerprint density at radius 1 is 1.21 bits per heavy atom. The smallest absolute Gasteiger partial charge is 0.269 e. The summed E-state index contributed by atoms with van der Waals surface area (Å²) in [6.45, 7) is 1.89. The molecule has 1 N–H and O–H groups in total. The van der Waals surface area contributed by atoms with Gasteiger partial charge in [-0.25, -0.2) is 0 Å². The lowest BCUT2D eigenvalue weighted by molar-refractivity contribution is -0.384. The van der Waals surface area contributed by atoms with Crippen LogP contribution in [0, 0.1) is 28.4 Å². The fraction of sp³-hybridized carbons (Fsp3) is 0.120. The summed E-state index contributed by atoms with van der Waals surface area (Å²) in [5.74, 6) is 0.191. The van der Waals surface area contributed by atoms with E-state index in [0.717, 1.165) is 10.0 Å². The number of amides is 1. The van der Waals surface area contributed by atoms with E-state index in [2.05, 4.69) is 21.2 Å². The fourth-order valence-corrected chi connectivity index (χ4v) is 3.36. The van der Waals surface area contributed by atoms with Gasteiger partial charge < -0.3 is 14.8 Å². The van der Waals surface area contributed by atoms with Gasteiger partial charge in [-0.3, -0.25) is 14.9 Å². The van der Waals surface area contributed by atoms with Crippen LogP contribution in [0.15, 0.2) is 70.7 Å². The van der Waals surface area contributed by atoms with Crippen molar-refractivity contribution in [1.29, 1.82) is 5.26 Å². The number of carbonyl (C=O) groups excluding carboxylic acids is 1. The van der Waals surface area contributed by atoms with Gasteiger partial charge in [0.2, 0.25) is 0 Å². The predicted octanol–water partition coefficient (Wildman–Crippen LogP) is 5.80. The highest BCUT2D eigenvalue weighted by Crippen LogP contribution is 2.33. The number of nitrogens with one attached hydrogen (secondary N) is 1. The molecule has 3 rings (SSSR count). The lowest BCUT2D eigenvalue weighted by Crippen LogP contribution is -2.14. The van der Waals surface area contributed by atoms with Crippen LogP contribution in [-0.4, -0.2) is 17.9 Å². The van der Waals surface area contributed by atoms with Crippen molar-refractivity contribution in [2.75, 3.05) is 12.4 Å². The van der Waals surface area contributed by atoms with Gasteiger partial charge >= 0.3 is 0 Å². The number of nitro groups is 1. The number of para-hydroxylation sites is 1. The number of methoxy groups -OCH3 is 1. The molecule has 0 radical (unpaired) electrons. The van der Waals surface area contributed by atoms with Gasteiger partial charge in [0.1, 0.15) is 18.2 Å². The quantitative estimate of drug-likeness (QED) is 0.173. The summed E-state index contributed by atoms with van der Waals surface area (Å²) in [6, 6.07) is 18.8. The summed E-state index contributed by atoms with van der Waals surface area (Å²) in [7, 11) is 1.50. The van der Waals surface area contributed by atoms with Gasteiger partial charge in [-0.15, -0.1) is 0 Å². The van der Waals surface area contributed by atoms with Crippen LogP contribution in [0.4, 0.5) is 11.4 Å². The second-order valence-electron chi connectivity index (χ2n) is 7.17. The van der Waals surface area contributed by atoms with Crippen molar-refractivity contribution in [2.24, 2.45) is 0 Å². The van der Waals surface area contributed by atoms with E-state index in [1.54, 1.807) is 25.1 Å². The van der Waals surface area contributed by atoms with Gasteiger partial charge in [-0.05, 0) is 48.4 Å². The molecule has 0 spiro atoms. The van der Waals surface area contributed by atoms with Crippen molar-refractivity contribution in [2.45, 2.75) is 13.5 Å². The summed E-state index contributed by atoms with van der Waals surface area (Å²) >= 11 is 3.40. The van der Waals surface area contributed by atoms with E-state index >= 15 is 0 Å². The number of non-ortho nitro benzene ring substituents is 1. The summed E-state index contributed by atoms with van der Waals surface area (Å²) in [4.78, 5) is 23.2. The first-order chi connectivity index (χ1) is 16.3. The Kier molecular flexibility index (Phi) is 8.01. The molecule has 3 aromatic rings. The van der Waals surface area contributed by atoms with Crippen molar-refractivity contribution >= 4 is 39.3 Å². The zero-order valence-electron chi connectivity index (χ0n) is 18.4. The fourth-order valence-electron chi connectivity index (χ4n) is 3.09. The third kappa shape index (κ3) is 5.99. The number of benzene rings is 3. The SMILES string of the molecule is COc1cccc(/C=C(/C#N)C(=O)Nc2ccc([N+](=O)[O-])cc2C)c1OCc1ccc(Br)cc1. The van der Waals surface area contributed by atoms with Gasteiger partial charge in [-0.2, -0.15) is 5.26 Å². The Morgan fingerprint density at radius 2 is 1.94 bits per heavy atom. The normalized spacial score (nSPS) is 10.8. The van der Waals surface area contributed by atoms with E-state index in [-0.39, 0.29) is 17.9 Å². The van der Waals surface area contributed by atoms with Crippen molar-refractivity contribution in [3.8, 4) is 17.6 Å². The predicted molar refractivity (Wildman–Crippen MR) is 132 cm³/mol. The van der Waals surface area contributed by atoms with Crippen LogP contribution in [-0.2, 0) is 11.4 Å². The Bertz CT molecular complexity index is 1300. The van der Waals surface area contributed by atoms with Crippen LogP contribution in [0.2, 0.25) is 0 Å². The van der Waals surface area contributed by atoms with Crippen LogP contribution in [0.1, 0.15) is 16.7 Å². The van der Waals surface area contributed by atoms with Crippen LogP contribution in [0.5, 0.6) is 11.5 Å². The summed E-state index contributed by atoms with van der Waals surface area (Å²) in [6.07, 6.45) is 1.41. The lowest BCUT2D eigenvalue weighted by atomic mass is 10.1. The molecule has 8 nitrogen and oxygen atoms in total. The van der Waals surface area contributed by atoms with Gasteiger partial charge in [0.05, 0.1) is 12.0 Å². The molecule has 0 aliphatic heterocycles. The Balaban J connectivity index is 1.87. The number of ether oxygens (including phenoxy) is 2. The molecule has 0 atom stereocenters. The Morgan fingerprint density at radius 3 is 2.56 bits per heavy atom. The minimum atomic E-state index is -0.652. The molecule has 0 aromatic heterocycles. The van der Waals surface area contributed by atoms with E-state index < -0.39 is 10.8 Å². The van der Waals surface area contributed by atoms with Gasteiger partial charge in [0.25, 0.3) is 11.6 Å². The summed E-state index contributed by atoms with van der Waals surface area (Å²) < 4.78 is 12.4. The Hall–Kier alpha value is -4.16.